The minimum Gasteiger partial charge on any atom is -0.497 e. The summed E-state index contributed by atoms with van der Waals surface area (Å²) < 4.78 is 5.30. The van der Waals surface area contributed by atoms with E-state index in [2.05, 4.69) is 17.1 Å². The first-order valence-electron chi connectivity index (χ1n) is 10.00. The summed E-state index contributed by atoms with van der Waals surface area (Å²) in [5.41, 5.74) is 6.79. The van der Waals surface area contributed by atoms with E-state index in [-0.39, 0.29) is 0 Å². The van der Waals surface area contributed by atoms with Crippen LogP contribution >= 0.6 is 0 Å². The molecule has 0 radical (unpaired) electrons. The maximum absolute atomic E-state index is 10.2. The molecule has 4 nitrogen and oxygen atoms in total. The number of para-hydroxylation sites is 1. The van der Waals surface area contributed by atoms with Gasteiger partial charge in [-0.3, -0.25) is 0 Å². The molecule has 0 aliphatic carbocycles. The number of aromatic amines is 1. The highest BCUT2D eigenvalue weighted by Gasteiger charge is 2.19. The van der Waals surface area contributed by atoms with Crippen LogP contribution < -0.4 is 4.74 Å². The lowest BCUT2D eigenvalue weighted by atomic mass is 9.94. The van der Waals surface area contributed by atoms with Crippen LogP contribution in [0, 0.1) is 11.3 Å². The van der Waals surface area contributed by atoms with E-state index < -0.39 is 0 Å². The Morgan fingerprint density at radius 2 is 1.58 bits per heavy atom. The van der Waals surface area contributed by atoms with Gasteiger partial charge in [-0.05, 0) is 36.4 Å². The average molecular weight is 401 g/mol. The van der Waals surface area contributed by atoms with Crippen LogP contribution in [0.2, 0.25) is 0 Å². The van der Waals surface area contributed by atoms with Crippen LogP contribution in [0.3, 0.4) is 0 Å². The first-order valence-corrected chi connectivity index (χ1v) is 10.00. The molecule has 3 aromatic carbocycles. The highest BCUT2D eigenvalue weighted by molar-refractivity contribution is 5.98. The van der Waals surface area contributed by atoms with E-state index >= 15 is 0 Å². The van der Waals surface area contributed by atoms with Gasteiger partial charge in [-0.25, -0.2) is 4.98 Å². The fourth-order valence-corrected chi connectivity index (χ4v) is 3.88. The minimum absolute atomic E-state index is 0.551. The molecule has 4 heteroatoms. The molecule has 31 heavy (non-hydrogen) atoms. The number of rotatable bonds is 4. The number of methoxy groups -OCH3 is 1. The van der Waals surface area contributed by atoms with Crippen molar-refractivity contribution in [2.75, 3.05) is 7.11 Å². The number of hydrogen-bond donors (Lipinski definition) is 1. The predicted octanol–water partition coefficient (Wildman–Crippen LogP) is 6.44. The van der Waals surface area contributed by atoms with Gasteiger partial charge in [0.05, 0.1) is 24.1 Å². The maximum atomic E-state index is 10.2. The Bertz CT molecular complexity index is 1410. The van der Waals surface area contributed by atoms with Gasteiger partial charge in [-0.2, -0.15) is 5.26 Å². The standard InChI is InChI=1S/C27H19N3O/c1-31-20-13-11-19(12-14-20)27-23(16-28)22(15-26(30-27)18-7-3-2-4-8-18)24-17-29-25-10-6-5-9-21(24)25/h2-15,17,29H,1H3. The maximum Gasteiger partial charge on any atom is 0.118 e. The van der Waals surface area contributed by atoms with Gasteiger partial charge in [-0.1, -0.05) is 48.5 Å². The molecule has 0 saturated carbocycles. The van der Waals surface area contributed by atoms with E-state index in [4.69, 9.17) is 9.72 Å². The van der Waals surface area contributed by atoms with E-state index in [0.29, 0.717) is 11.3 Å². The Labute approximate surface area is 180 Å². The third-order valence-corrected chi connectivity index (χ3v) is 5.44. The largest absolute Gasteiger partial charge is 0.497 e. The number of ether oxygens (including phenoxy) is 1. The average Bonchev–Trinajstić information content (AvgIpc) is 3.28. The molecule has 0 aliphatic rings. The number of benzene rings is 3. The highest BCUT2D eigenvalue weighted by atomic mass is 16.5. The summed E-state index contributed by atoms with van der Waals surface area (Å²) in [4.78, 5) is 8.24. The van der Waals surface area contributed by atoms with Crippen LogP contribution in [-0.2, 0) is 0 Å². The Balaban J connectivity index is 1.81. The van der Waals surface area contributed by atoms with Gasteiger partial charge in [0.15, 0.2) is 0 Å². The normalized spacial score (nSPS) is 10.7. The molecule has 1 N–H and O–H groups in total. The predicted molar refractivity (Wildman–Crippen MR) is 124 cm³/mol. The molecular formula is C27H19N3O. The lowest BCUT2D eigenvalue weighted by molar-refractivity contribution is 0.415. The molecule has 0 unspecified atom stereocenters. The van der Waals surface area contributed by atoms with Crippen molar-refractivity contribution >= 4 is 10.9 Å². The lowest BCUT2D eigenvalue weighted by Gasteiger charge is -2.13. The Morgan fingerprint density at radius 1 is 0.839 bits per heavy atom. The summed E-state index contributed by atoms with van der Waals surface area (Å²) in [6.07, 6.45) is 1.97. The SMILES string of the molecule is COc1ccc(-c2nc(-c3ccccc3)cc(-c3c[nH]c4ccccc34)c2C#N)cc1. The number of nitriles is 1. The Morgan fingerprint density at radius 3 is 2.32 bits per heavy atom. The molecular weight excluding hydrogens is 382 g/mol. The van der Waals surface area contributed by atoms with Crippen LogP contribution in [0.25, 0.3) is 44.5 Å². The van der Waals surface area contributed by atoms with Gasteiger partial charge in [0.25, 0.3) is 0 Å². The van der Waals surface area contributed by atoms with E-state index in [0.717, 1.165) is 44.6 Å². The molecule has 0 spiro atoms. The molecule has 5 aromatic rings. The molecule has 0 fully saturated rings. The van der Waals surface area contributed by atoms with Gasteiger partial charge in [-0.15, -0.1) is 0 Å². The molecule has 2 aromatic heterocycles. The van der Waals surface area contributed by atoms with Gasteiger partial charge >= 0.3 is 0 Å². The zero-order valence-electron chi connectivity index (χ0n) is 17.0. The van der Waals surface area contributed by atoms with Gasteiger partial charge < -0.3 is 9.72 Å². The zero-order valence-corrected chi connectivity index (χ0v) is 17.0. The smallest absolute Gasteiger partial charge is 0.118 e. The summed E-state index contributed by atoms with van der Waals surface area (Å²) >= 11 is 0. The third kappa shape index (κ3) is 3.33. The number of aromatic nitrogens is 2. The van der Waals surface area contributed by atoms with Crippen LogP contribution in [0.4, 0.5) is 0 Å². The van der Waals surface area contributed by atoms with Crippen molar-refractivity contribution in [2.24, 2.45) is 0 Å². The summed E-state index contributed by atoms with van der Waals surface area (Å²) in [5, 5.41) is 11.2. The molecule has 0 bridgehead atoms. The van der Waals surface area contributed by atoms with Gasteiger partial charge in [0, 0.05) is 39.4 Å². The number of fused-ring (bicyclic) bond motifs is 1. The first kappa shape index (κ1) is 18.7. The van der Waals surface area contributed by atoms with Crippen molar-refractivity contribution in [3.8, 4) is 45.5 Å². The molecule has 0 atom stereocenters. The second-order valence-corrected chi connectivity index (χ2v) is 7.23. The van der Waals surface area contributed by atoms with Crippen LogP contribution in [0.5, 0.6) is 5.75 Å². The molecule has 0 aliphatic heterocycles. The number of hydrogen-bond acceptors (Lipinski definition) is 3. The van der Waals surface area contributed by atoms with Crippen molar-refractivity contribution in [3.05, 3.63) is 96.7 Å². The second-order valence-electron chi connectivity index (χ2n) is 7.23. The topological polar surface area (TPSA) is 61.7 Å². The monoisotopic (exact) mass is 401 g/mol. The zero-order chi connectivity index (χ0) is 21.2. The number of H-pyrrole nitrogens is 1. The van der Waals surface area contributed by atoms with E-state index in [1.165, 1.54) is 0 Å². The Hall–Kier alpha value is -4.36. The van der Waals surface area contributed by atoms with Crippen LogP contribution in [-0.4, -0.2) is 17.1 Å². The fourth-order valence-electron chi connectivity index (χ4n) is 3.88. The molecule has 2 heterocycles. The van der Waals surface area contributed by atoms with E-state index in [1.54, 1.807) is 7.11 Å². The fraction of sp³-hybridized carbons (Fsp3) is 0.0370. The molecule has 148 valence electrons. The number of nitrogens with zero attached hydrogens (tertiary/aromatic N) is 2. The number of nitrogens with one attached hydrogen (secondary N) is 1. The van der Waals surface area contributed by atoms with Crippen LogP contribution in [0.15, 0.2) is 91.1 Å². The third-order valence-electron chi connectivity index (χ3n) is 5.44. The molecule has 5 rings (SSSR count). The van der Waals surface area contributed by atoms with Crippen molar-refractivity contribution < 1.29 is 4.74 Å². The minimum atomic E-state index is 0.551. The quantitative estimate of drug-likeness (QED) is 0.377. The van der Waals surface area contributed by atoms with Crippen molar-refractivity contribution in [3.63, 3.8) is 0 Å². The van der Waals surface area contributed by atoms with Crippen molar-refractivity contribution in [2.45, 2.75) is 0 Å². The lowest BCUT2D eigenvalue weighted by Crippen LogP contribution is -1.97. The number of pyridine rings is 1. The summed E-state index contributed by atoms with van der Waals surface area (Å²) in [5.74, 6) is 0.762. The van der Waals surface area contributed by atoms with Crippen LogP contribution in [0.1, 0.15) is 5.56 Å². The second kappa shape index (κ2) is 7.81. The summed E-state index contributed by atoms with van der Waals surface area (Å²) in [6, 6.07) is 30.2. The van der Waals surface area contributed by atoms with Gasteiger partial charge in [0.2, 0.25) is 0 Å². The van der Waals surface area contributed by atoms with Crippen molar-refractivity contribution in [1.82, 2.24) is 9.97 Å². The first-order chi connectivity index (χ1) is 15.3. The van der Waals surface area contributed by atoms with E-state index in [1.807, 2.05) is 85.1 Å². The molecule has 0 saturated heterocycles. The Kier molecular flexibility index (Phi) is 4.70. The molecule has 0 amide bonds. The summed E-state index contributed by atoms with van der Waals surface area (Å²) in [7, 11) is 1.64. The summed E-state index contributed by atoms with van der Waals surface area (Å²) in [6.45, 7) is 0. The van der Waals surface area contributed by atoms with Crippen molar-refractivity contribution in [1.29, 1.82) is 5.26 Å². The van der Waals surface area contributed by atoms with Gasteiger partial charge in [0.1, 0.15) is 11.8 Å². The highest BCUT2D eigenvalue weighted by Crippen LogP contribution is 2.37. The van der Waals surface area contributed by atoms with E-state index in [9.17, 15) is 5.26 Å².